The van der Waals surface area contributed by atoms with Crippen molar-refractivity contribution in [2.45, 2.75) is 19.9 Å². The molecule has 0 saturated carbocycles. The summed E-state index contributed by atoms with van der Waals surface area (Å²) >= 11 is 13.8. The highest BCUT2D eigenvalue weighted by Gasteiger charge is 2.24. The van der Waals surface area contributed by atoms with Gasteiger partial charge in [-0.2, -0.15) is 0 Å². The first-order chi connectivity index (χ1) is 15.1. The summed E-state index contributed by atoms with van der Waals surface area (Å²) in [6.45, 7) is 3.67. The second kappa shape index (κ2) is 9.68. The van der Waals surface area contributed by atoms with Crippen LogP contribution >= 0.6 is 34.5 Å². The molecule has 0 N–H and O–H groups in total. The van der Waals surface area contributed by atoms with Crippen LogP contribution in [0.2, 0.25) is 10.0 Å². The third-order valence-corrected chi connectivity index (χ3v) is 6.26. The average molecular weight is 475 g/mol. The SMILES string of the molecule is CCOc1cccc2sc(N(CCCn3ccnc3)C(=O)c3ccc(Cl)cc3Cl)nc12. The molecule has 0 aliphatic rings. The number of aromatic nitrogens is 3. The maximum Gasteiger partial charge on any atom is 0.261 e. The summed E-state index contributed by atoms with van der Waals surface area (Å²) in [6, 6.07) is 10.7. The Morgan fingerprint density at radius 3 is 2.87 bits per heavy atom. The van der Waals surface area contributed by atoms with Crippen molar-refractivity contribution in [2.24, 2.45) is 0 Å². The molecule has 0 atom stereocenters. The Balaban J connectivity index is 1.68. The lowest BCUT2D eigenvalue weighted by Gasteiger charge is -2.20. The number of benzene rings is 2. The van der Waals surface area contributed by atoms with Gasteiger partial charge in [-0.05, 0) is 43.7 Å². The zero-order valence-electron chi connectivity index (χ0n) is 16.8. The number of hydrogen-bond donors (Lipinski definition) is 0. The van der Waals surface area contributed by atoms with Crippen LogP contribution in [-0.4, -0.2) is 33.6 Å². The number of rotatable bonds is 8. The maximum absolute atomic E-state index is 13.5. The Labute approximate surface area is 194 Å². The molecule has 0 aliphatic carbocycles. The fourth-order valence-corrected chi connectivity index (χ4v) is 4.72. The summed E-state index contributed by atoms with van der Waals surface area (Å²) in [4.78, 5) is 24.0. The van der Waals surface area contributed by atoms with Crippen LogP contribution in [0.15, 0.2) is 55.1 Å². The average Bonchev–Trinajstić information content (AvgIpc) is 3.41. The number of nitrogens with zero attached hydrogens (tertiary/aromatic N) is 4. The molecule has 31 heavy (non-hydrogen) atoms. The van der Waals surface area contributed by atoms with Crippen LogP contribution < -0.4 is 9.64 Å². The van der Waals surface area contributed by atoms with Gasteiger partial charge >= 0.3 is 0 Å². The van der Waals surface area contributed by atoms with Crippen LogP contribution in [0.4, 0.5) is 5.13 Å². The number of aryl methyl sites for hydroxylation is 1. The zero-order valence-corrected chi connectivity index (χ0v) is 19.1. The molecule has 2 aromatic heterocycles. The molecule has 2 aromatic carbocycles. The summed E-state index contributed by atoms with van der Waals surface area (Å²) in [7, 11) is 0. The van der Waals surface area contributed by atoms with Crippen LogP contribution in [-0.2, 0) is 6.54 Å². The van der Waals surface area contributed by atoms with E-state index in [4.69, 9.17) is 32.9 Å². The number of halogens is 2. The molecule has 0 bridgehead atoms. The van der Waals surface area contributed by atoms with Crippen LogP contribution in [0.25, 0.3) is 10.2 Å². The number of para-hydroxylation sites is 1. The standard InChI is InChI=1S/C22H20Cl2N4O2S/c1-2-30-18-5-3-6-19-20(18)26-22(31-19)28(11-4-10-27-12-9-25-14-27)21(29)16-8-7-15(23)13-17(16)24/h3,5-9,12-14H,2,4,10-11H2,1H3. The lowest BCUT2D eigenvalue weighted by atomic mass is 10.2. The minimum absolute atomic E-state index is 0.218. The van der Waals surface area contributed by atoms with E-state index in [2.05, 4.69) is 4.98 Å². The predicted octanol–water partition coefficient (Wildman–Crippen LogP) is 5.94. The van der Waals surface area contributed by atoms with E-state index in [0.717, 1.165) is 23.2 Å². The third kappa shape index (κ3) is 4.84. The summed E-state index contributed by atoms with van der Waals surface area (Å²) in [5.74, 6) is 0.488. The van der Waals surface area contributed by atoms with E-state index in [1.807, 2.05) is 35.9 Å². The van der Waals surface area contributed by atoms with Crippen molar-refractivity contribution in [1.82, 2.24) is 14.5 Å². The Morgan fingerprint density at radius 1 is 1.26 bits per heavy atom. The minimum atomic E-state index is -0.218. The first-order valence-electron chi connectivity index (χ1n) is 9.82. The number of imidazole rings is 1. The van der Waals surface area contributed by atoms with Crippen LogP contribution in [0.1, 0.15) is 23.7 Å². The van der Waals surface area contributed by atoms with E-state index in [1.165, 1.54) is 11.3 Å². The second-order valence-electron chi connectivity index (χ2n) is 6.77. The highest BCUT2D eigenvalue weighted by atomic mass is 35.5. The topological polar surface area (TPSA) is 60.2 Å². The van der Waals surface area contributed by atoms with E-state index in [0.29, 0.717) is 39.6 Å². The molecule has 0 radical (unpaired) electrons. The molecule has 160 valence electrons. The van der Waals surface area contributed by atoms with Crippen molar-refractivity contribution in [1.29, 1.82) is 0 Å². The molecule has 4 rings (SSSR count). The number of carbonyl (C=O) groups is 1. The molecule has 0 fully saturated rings. The van der Waals surface area contributed by atoms with Crippen molar-refractivity contribution < 1.29 is 9.53 Å². The Kier molecular flexibility index (Phi) is 6.75. The first-order valence-corrected chi connectivity index (χ1v) is 11.4. The molecule has 0 unspecified atom stereocenters. The van der Waals surface area contributed by atoms with Gasteiger partial charge in [-0.3, -0.25) is 9.69 Å². The van der Waals surface area contributed by atoms with Gasteiger partial charge in [0.05, 0.1) is 28.2 Å². The Hall–Kier alpha value is -2.61. The molecule has 0 spiro atoms. The van der Waals surface area contributed by atoms with Crippen LogP contribution in [0.3, 0.4) is 0 Å². The smallest absolute Gasteiger partial charge is 0.261 e. The van der Waals surface area contributed by atoms with Gasteiger partial charge in [0.25, 0.3) is 5.91 Å². The Bertz CT molecular complexity index is 1190. The molecular formula is C22H20Cl2N4O2S. The quantitative estimate of drug-likeness (QED) is 0.317. The molecule has 4 aromatic rings. The van der Waals surface area contributed by atoms with Gasteiger partial charge in [-0.15, -0.1) is 0 Å². The second-order valence-corrected chi connectivity index (χ2v) is 8.62. The van der Waals surface area contributed by atoms with E-state index in [-0.39, 0.29) is 5.91 Å². The number of carbonyl (C=O) groups excluding carboxylic acids is 1. The number of amides is 1. The van der Waals surface area contributed by atoms with E-state index in [9.17, 15) is 4.79 Å². The fraction of sp³-hybridized carbons (Fsp3) is 0.227. The zero-order chi connectivity index (χ0) is 21.8. The number of hydrogen-bond acceptors (Lipinski definition) is 5. The largest absolute Gasteiger partial charge is 0.492 e. The maximum atomic E-state index is 13.5. The van der Waals surface area contributed by atoms with Crippen LogP contribution in [0, 0.1) is 0 Å². The van der Waals surface area contributed by atoms with Crippen LogP contribution in [0.5, 0.6) is 5.75 Å². The molecule has 9 heteroatoms. The van der Waals surface area contributed by atoms with Gasteiger partial charge in [0.15, 0.2) is 5.13 Å². The molecular weight excluding hydrogens is 455 g/mol. The van der Waals surface area contributed by atoms with Gasteiger partial charge in [0.2, 0.25) is 0 Å². The lowest BCUT2D eigenvalue weighted by Crippen LogP contribution is -2.32. The van der Waals surface area contributed by atoms with Gasteiger partial charge in [-0.1, -0.05) is 40.6 Å². The highest BCUT2D eigenvalue weighted by Crippen LogP contribution is 2.35. The van der Waals surface area contributed by atoms with E-state index >= 15 is 0 Å². The number of fused-ring (bicyclic) bond motifs is 1. The first kappa shape index (κ1) is 21.6. The number of thiazole rings is 1. The van der Waals surface area contributed by atoms with Gasteiger partial charge in [-0.25, -0.2) is 9.97 Å². The summed E-state index contributed by atoms with van der Waals surface area (Å²) in [5.41, 5.74) is 1.14. The van der Waals surface area contributed by atoms with Gasteiger partial charge in [0, 0.05) is 30.5 Å². The summed E-state index contributed by atoms with van der Waals surface area (Å²) in [6.07, 6.45) is 6.11. The predicted molar refractivity (Wildman–Crippen MR) is 126 cm³/mol. The molecule has 0 aliphatic heterocycles. The van der Waals surface area contributed by atoms with Crippen molar-refractivity contribution >= 4 is 55.8 Å². The molecule has 6 nitrogen and oxygen atoms in total. The molecule has 2 heterocycles. The fourth-order valence-electron chi connectivity index (χ4n) is 3.22. The van der Waals surface area contributed by atoms with E-state index < -0.39 is 0 Å². The lowest BCUT2D eigenvalue weighted by molar-refractivity contribution is 0.0986. The molecule has 0 saturated heterocycles. The third-order valence-electron chi connectivity index (χ3n) is 4.67. The van der Waals surface area contributed by atoms with Crippen molar-refractivity contribution in [3.05, 3.63) is 70.7 Å². The number of ether oxygens (including phenoxy) is 1. The minimum Gasteiger partial charge on any atom is -0.492 e. The van der Waals surface area contributed by atoms with Gasteiger partial charge < -0.3 is 9.30 Å². The highest BCUT2D eigenvalue weighted by molar-refractivity contribution is 7.22. The Morgan fingerprint density at radius 2 is 2.13 bits per heavy atom. The van der Waals surface area contributed by atoms with E-state index in [1.54, 1.807) is 35.6 Å². The summed E-state index contributed by atoms with van der Waals surface area (Å²) < 4.78 is 8.64. The summed E-state index contributed by atoms with van der Waals surface area (Å²) in [5, 5.41) is 1.39. The van der Waals surface area contributed by atoms with Crippen molar-refractivity contribution in [3.63, 3.8) is 0 Å². The number of anilines is 1. The monoisotopic (exact) mass is 474 g/mol. The van der Waals surface area contributed by atoms with Crippen molar-refractivity contribution in [3.8, 4) is 5.75 Å². The van der Waals surface area contributed by atoms with Crippen molar-refractivity contribution in [2.75, 3.05) is 18.1 Å². The molecule has 1 amide bonds. The normalized spacial score (nSPS) is 11.1. The van der Waals surface area contributed by atoms with Gasteiger partial charge in [0.1, 0.15) is 11.3 Å².